The van der Waals surface area contributed by atoms with Crippen molar-refractivity contribution >= 4 is 45.2 Å². The van der Waals surface area contributed by atoms with Crippen LogP contribution >= 0.6 is 27.7 Å². The van der Waals surface area contributed by atoms with Gasteiger partial charge in [0.05, 0.1) is 23.3 Å². The normalized spacial score (nSPS) is 14.5. The largest absolute Gasteiger partial charge is 0.490 e. The van der Waals surface area contributed by atoms with Gasteiger partial charge in [-0.05, 0) is 84.9 Å². The molecule has 2 aromatic carbocycles. The van der Waals surface area contributed by atoms with Crippen molar-refractivity contribution < 1.29 is 14.3 Å². The topological polar surface area (TPSA) is 90.3 Å². The smallest absolute Gasteiger partial charge is 0.255 e. The molecule has 10 heteroatoms. The average molecular weight is 629 g/mol. The van der Waals surface area contributed by atoms with Crippen molar-refractivity contribution in [1.82, 2.24) is 14.8 Å². The van der Waals surface area contributed by atoms with Crippen LogP contribution in [0, 0.1) is 6.92 Å². The monoisotopic (exact) mass is 627 g/mol. The molecule has 2 heterocycles. The van der Waals surface area contributed by atoms with Gasteiger partial charge in [0, 0.05) is 17.1 Å². The first kappa shape index (κ1) is 30.0. The van der Waals surface area contributed by atoms with E-state index in [1.54, 1.807) is 16.4 Å². The Hall–Kier alpha value is -2.98. The van der Waals surface area contributed by atoms with E-state index >= 15 is 0 Å². The number of fused-ring (bicyclic) bond motifs is 1. The predicted octanol–water partition coefficient (Wildman–Crippen LogP) is 7.75. The quantitative estimate of drug-likeness (QED) is 0.148. The minimum atomic E-state index is -0.533. The zero-order valence-corrected chi connectivity index (χ0v) is 26.2. The Bertz CT molecular complexity index is 1370. The van der Waals surface area contributed by atoms with Gasteiger partial charge in [-0.15, -0.1) is 5.10 Å². The van der Waals surface area contributed by atoms with Gasteiger partial charge in [0.1, 0.15) is 6.04 Å². The van der Waals surface area contributed by atoms with Crippen LogP contribution in [-0.2, 0) is 4.79 Å². The fraction of sp³-hybridized carbons (Fsp3) is 0.433. The maximum Gasteiger partial charge on any atom is 0.255 e. The molecule has 214 valence electrons. The van der Waals surface area contributed by atoms with Crippen molar-refractivity contribution in [2.24, 2.45) is 0 Å². The molecule has 0 saturated heterocycles. The lowest BCUT2D eigenvalue weighted by atomic mass is 9.94. The molecule has 1 aliphatic heterocycles. The summed E-state index contributed by atoms with van der Waals surface area (Å²) in [7, 11) is 0. The van der Waals surface area contributed by atoms with Gasteiger partial charge in [-0.25, -0.2) is 4.68 Å². The molecule has 0 radical (unpaired) electrons. The van der Waals surface area contributed by atoms with Crippen molar-refractivity contribution in [3.8, 4) is 11.5 Å². The van der Waals surface area contributed by atoms with Crippen LogP contribution < -0.4 is 20.1 Å². The number of nitrogens with one attached hydrogen (secondary N) is 2. The average Bonchev–Trinajstić information content (AvgIpc) is 3.32. The number of aryl methyl sites for hydroxylation is 1. The molecule has 3 aromatic rings. The van der Waals surface area contributed by atoms with Crippen LogP contribution in [0.25, 0.3) is 0 Å². The Morgan fingerprint density at radius 1 is 1.12 bits per heavy atom. The zero-order valence-electron chi connectivity index (χ0n) is 23.8. The Labute approximate surface area is 249 Å². The standard InChI is InChI=1S/C30H38BrN5O3S/c1-6-9-10-14-39-27-23(31)17-21(18-24(27)38-8-3)26-25(28(37)33-22-13-11-12-19(4)16-22)20(5)32-29-34-30(35-36(26)29)40-15-7-2/h11-13,16-18,26H,6-10,14-15H2,1-5H3,(H,33,37)(H,32,34,35). The maximum absolute atomic E-state index is 13.9. The van der Waals surface area contributed by atoms with Gasteiger partial charge in [0.25, 0.3) is 5.91 Å². The van der Waals surface area contributed by atoms with Crippen molar-refractivity contribution in [2.75, 3.05) is 29.6 Å². The van der Waals surface area contributed by atoms with E-state index in [9.17, 15) is 4.79 Å². The highest BCUT2D eigenvalue weighted by molar-refractivity contribution is 9.10. The number of rotatable bonds is 13. The summed E-state index contributed by atoms with van der Waals surface area (Å²) >= 11 is 5.33. The van der Waals surface area contributed by atoms with E-state index in [0.29, 0.717) is 41.4 Å². The second-order valence-electron chi connectivity index (χ2n) is 9.72. The molecule has 0 saturated carbocycles. The van der Waals surface area contributed by atoms with E-state index in [4.69, 9.17) is 19.6 Å². The molecule has 8 nitrogen and oxygen atoms in total. The molecule has 1 amide bonds. The van der Waals surface area contributed by atoms with Crippen LogP contribution in [0.2, 0.25) is 0 Å². The molecule has 1 aromatic heterocycles. The van der Waals surface area contributed by atoms with Gasteiger partial charge in [0.2, 0.25) is 11.1 Å². The molecule has 1 atom stereocenters. The van der Waals surface area contributed by atoms with Gasteiger partial charge in [-0.3, -0.25) is 4.79 Å². The number of amides is 1. The maximum atomic E-state index is 13.9. The minimum absolute atomic E-state index is 0.210. The molecule has 1 aliphatic rings. The lowest BCUT2D eigenvalue weighted by molar-refractivity contribution is -0.113. The van der Waals surface area contributed by atoms with Gasteiger partial charge < -0.3 is 20.1 Å². The zero-order chi connectivity index (χ0) is 28.6. The van der Waals surface area contributed by atoms with Crippen LogP contribution in [-0.4, -0.2) is 39.6 Å². The third-order valence-electron chi connectivity index (χ3n) is 6.43. The Balaban J connectivity index is 1.78. The Morgan fingerprint density at radius 2 is 1.95 bits per heavy atom. The summed E-state index contributed by atoms with van der Waals surface area (Å²) in [6.07, 6.45) is 4.20. The number of ether oxygens (including phenoxy) is 2. The number of hydrogen-bond acceptors (Lipinski definition) is 7. The number of carbonyl (C=O) groups is 1. The minimum Gasteiger partial charge on any atom is -0.490 e. The molecule has 40 heavy (non-hydrogen) atoms. The lowest BCUT2D eigenvalue weighted by Crippen LogP contribution is -2.31. The van der Waals surface area contributed by atoms with Crippen molar-refractivity contribution in [1.29, 1.82) is 0 Å². The summed E-state index contributed by atoms with van der Waals surface area (Å²) in [6, 6.07) is 11.2. The van der Waals surface area contributed by atoms with Crippen LogP contribution in [0.3, 0.4) is 0 Å². The Kier molecular flexibility index (Phi) is 10.6. The number of anilines is 2. The molecule has 0 aliphatic carbocycles. The van der Waals surface area contributed by atoms with Crippen molar-refractivity contribution in [3.05, 3.63) is 63.3 Å². The molecule has 0 spiro atoms. The summed E-state index contributed by atoms with van der Waals surface area (Å²) in [5.41, 5.74) is 3.91. The van der Waals surface area contributed by atoms with Gasteiger partial charge in [-0.1, -0.05) is 50.6 Å². The fourth-order valence-electron chi connectivity index (χ4n) is 4.58. The number of aromatic nitrogens is 3. The van der Waals surface area contributed by atoms with Crippen molar-refractivity contribution in [2.45, 2.75) is 71.5 Å². The van der Waals surface area contributed by atoms with Crippen molar-refractivity contribution in [3.63, 3.8) is 0 Å². The number of benzene rings is 2. The third kappa shape index (κ3) is 7.01. The highest BCUT2D eigenvalue weighted by atomic mass is 79.9. The predicted molar refractivity (Wildman–Crippen MR) is 166 cm³/mol. The molecule has 0 bridgehead atoms. The van der Waals surface area contributed by atoms with E-state index in [1.807, 2.05) is 57.2 Å². The Morgan fingerprint density at radius 3 is 2.67 bits per heavy atom. The summed E-state index contributed by atoms with van der Waals surface area (Å²) in [4.78, 5) is 18.6. The van der Waals surface area contributed by atoms with E-state index in [0.717, 1.165) is 58.4 Å². The van der Waals surface area contributed by atoms with Crippen LogP contribution in [0.5, 0.6) is 11.5 Å². The highest BCUT2D eigenvalue weighted by Gasteiger charge is 2.35. The van der Waals surface area contributed by atoms with E-state index < -0.39 is 6.04 Å². The van der Waals surface area contributed by atoms with Crippen LogP contribution in [0.4, 0.5) is 11.6 Å². The lowest BCUT2D eigenvalue weighted by Gasteiger charge is -2.29. The summed E-state index contributed by atoms with van der Waals surface area (Å²) in [5.74, 6) is 2.59. The number of allylic oxidation sites excluding steroid dienone is 1. The number of unbranched alkanes of at least 4 members (excludes halogenated alkanes) is 2. The van der Waals surface area contributed by atoms with Gasteiger partial charge in [-0.2, -0.15) is 4.98 Å². The number of halogens is 1. The molecule has 0 fully saturated rings. The fourth-order valence-corrected chi connectivity index (χ4v) is 5.84. The van der Waals surface area contributed by atoms with Gasteiger partial charge in [0.15, 0.2) is 11.5 Å². The number of thioether (sulfide) groups is 1. The first-order valence-corrected chi connectivity index (χ1v) is 15.7. The second-order valence-corrected chi connectivity index (χ2v) is 11.6. The highest BCUT2D eigenvalue weighted by Crippen LogP contribution is 2.43. The molecule has 2 N–H and O–H groups in total. The SMILES string of the molecule is CCCCCOc1c(Br)cc(C2C(C(=O)Nc3cccc(C)c3)=C(C)Nc3nc(SCCC)nn32)cc1OCC. The van der Waals surface area contributed by atoms with Crippen LogP contribution in [0.15, 0.2) is 57.3 Å². The molecule has 4 rings (SSSR count). The second kappa shape index (κ2) is 14.1. The van der Waals surface area contributed by atoms with E-state index in [1.165, 1.54) is 0 Å². The number of hydrogen-bond donors (Lipinski definition) is 2. The third-order valence-corrected chi connectivity index (χ3v) is 8.06. The van der Waals surface area contributed by atoms with Gasteiger partial charge >= 0.3 is 0 Å². The number of carbonyl (C=O) groups excluding carboxylic acids is 1. The molecular formula is C30H38BrN5O3S. The first-order chi connectivity index (χ1) is 19.4. The number of nitrogens with zero attached hydrogens (tertiary/aromatic N) is 3. The van der Waals surface area contributed by atoms with E-state index in [-0.39, 0.29) is 5.91 Å². The van der Waals surface area contributed by atoms with Crippen LogP contribution in [0.1, 0.15) is 70.5 Å². The van der Waals surface area contributed by atoms with E-state index in [2.05, 4.69) is 40.4 Å². The summed E-state index contributed by atoms with van der Waals surface area (Å²) in [5, 5.41) is 11.9. The summed E-state index contributed by atoms with van der Waals surface area (Å²) < 4.78 is 14.8. The molecular weight excluding hydrogens is 590 g/mol. The first-order valence-electron chi connectivity index (χ1n) is 13.9. The summed E-state index contributed by atoms with van der Waals surface area (Å²) in [6.45, 7) is 11.2. The molecule has 1 unspecified atom stereocenters.